The Morgan fingerprint density at radius 3 is 3.00 bits per heavy atom. The summed E-state index contributed by atoms with van der Waals surface area (Å²) in [6.45, 7) is 2.62. The van der Waals surface area contributed by atoms with Crippen LogP contribution in [0.2, 0.25) is 0 Å². The first-order valence-corrected chi connectivity index (χ1v) is 7.08. The third-order valence-electron chi connectivity index (χ3n) is 2.28. The van der Waals surface area contributed by atoms with Crippen LogP contribution in [0.1, 0.15) is 23.6 Å². The summed E-state index contributed by atoms with van der Waals surface area (Å²) in [5.74, 6) is 0.902. The van der Waals surface area contributed by atoms with Gasteiger partial charge < -0.3 is 5.73 Å². The van der Waals surface area contributed by atoms with Crippen molar-refractivity contribution in [3.63, 3.8) is 0 Å². The Morgan fingerprint density at radius 2 is 2.41 bits per heavy atom. The van der Waals surface area contributed by atoms with E-state index in [2.05, 4.69) is 21.3 Å². The first-order valence-electron chi connectivity index (χ1n) is 5.42. The molecule has 2 aromatic heterocycles. The van der Waals surface area contributed by atoms with E-state index in [1.165, 1.54) is 11.5 Å². The SMILES string of the molecule is CCc1nsc(SC(CN)c2cccnc2)n1. The highest BCUT2D eigenvalue weighted by atomic mass is 32.2. The molecule has 0 amide bonds. The molecule has 0 saturated heterocycles. The van der Waals surface area contributed by atoms with Gasteiger partial charge in [-0.3, -0.25) is 4.98 Å². The second-order valence-corrected chi connectivity index (χ2v) is 5.66. The van der Waals surface area contributed by atoms with Gasteiger partial charge in [-0.2, -0.15) is 4.37 Å². The van der Waals surface area contributed by atoms with Crippen LogP contribution in [0.5, 0.6) is 0 Å². The van der Waals surface area contributed by atoms with Gasteiger partial charge in [0.2, 0.25) is 0 Å². The summed E-state index contributed by atoms with van der Waals surface area (Å²) >= 11 is 3.10. The van der Waals surface area contributed by atoms with E-state index in [1.807, 2.05) is 18.3 Å². The van der Waals surface area contributed by atoms with Crippen LogP contribution in [-0.2, 0) is 6.42 Å². The lowest BCUT2D eigenvalue weighted by molar-refractivity contribution is 0.924. The fourth-order valence-electron chi connectivity index (χ4n) is 1.37. The molecule has 2 N–H and O–H groups in total. The summed E-state index contributed by atoms with van der Waals surface area (Å²) in [4.78, 5) is 8.55. The van der Waals surface area contributed by atoms with Gasteiger partial charge in [0, 0.05) is 25.4 Å². The van der Waals surface area contributed by atoms with E-state index in [0.29, 0.717) is 6.54 Å². The van der Waals surface area contributed by atoms with Crippen LogP contribution in [-0.4, -0.2) is 20.9 Å². The zero-order valence-corrected chi connectivity index (χ0v) is 11.2. The van der Waals surface area contributed by atoms with Gasteiger partial charge >= 0.3 is 0 Å². The van der Waals surface area contributed by atoms with E-state index < -0.39 is 0 Å². The number of aryl methyl sites for hydroxylation is 1. The fourth-order valence-corrected chi connectivity index (χ4v) is 3.27. The normalized spacial score (nSPS) is 12.6. The van der Waals surface area contributed by atoms with Crippen LogP contribution in [0, 0.1) is 0 Å². The lowest BCUT2D eigenvalue weighted by Crippen LogP contribution is -2.09. The molecule has 17 heavy (non-hydrogen) atoms. The van der Waals surface area contributed by atoms with E-state index in [4.69, 9.17) is 5.73 Å². The molecule has 2 heterocycles. The molecule has 2 rings (SSSR count). The fraction of sp³-hybridized carbons (Fsp3) is 0.364. The number of hydrogen-bond donors (Lipinski definition) is 1. The number of thioether (sulfide) groups is 1. The van der Waals surface area contributed by atoms with Crippen LogP contribution >= 0.6 is 23.3 Å². The molecular formula is C11H14N4S2. The largest absolute Gasteiger partial charge is 0.329 e. The summed E-state index contributed by atoms with van der Waals surface area (Å²) in [5, 5.41) is 0.196. The highest BCUT2D eigenvalue weighted by molar-refractivity contribution is 8.01. The maximum absolute atomic E-state index is 5.80. The summed E-state index contributed by atoms with van der Waals surface area (Å²) in [7, 11) is 0. The Kier molecular flexibility index (Phi) is 4.47. The van der Waals surface area contributed by atoms with E-state index in [9.17, 15) is 0 Å². The highest BCUT2D eigenvalue weighted by Gasteiger charge is 2.14. The van der Waals surface area contributed by atoms with E-state index in [1.54, 1.807) is 18.0 Å². The number of hydrogen-bond acceptors (Lipinski definition) is 6. The van der Waals surface area contributed by atoms with Gasteiger partial charge in [0.15, 0.2) is 4.34 Å². The lowest BCUT2D eigenvalue weighted by Gasteiger charge is -2.11. The van der Waals surface area contributed by atoms with Gasteiger partial charge in [-0.25, -0.2) is 4.98 Å². The average Bonchev–Trinajstić information content (AvgIpc) is 2.84. The van der Waals surface area contributed by atoms with Gasteiger partial charge in [-0.05, 0) is 23.2 Å². The van der Waals surface area contributed by atoms with Gasteiger partial charge in [-0.1, -0.05) is 24.8 Å². The minimum absolute atomic E-state index is 0.196. The molecule has 0 aliphatic rings. The summed E-state index contributed by atoms with van der Waals surface area (Å²) in [5.41, 5.74) is 6.93. The van der Waals surface area contributed by atoms with Crippen molar-refractivity contribution in [1.29, 1.82) is 0 Å². The number of aromatic nitrogens is 3. The Hall–Kier alpha value is -0.980. The molecule has 0 aliphatic carbocycles. The van der Waals surface area contributed by atoms with Crippen molar-refractivity contribution in [2.24, 2.45) is 5.73 Å². The zero-order valence-electron chi connectivity index (χ0n) is 9.54. The third-order valence-corrected chi connectivity index (χ3v) is 4.38. The molecule has 0 bridgehead atoms. The first kappa shape index (κ1) is 12.5. The Labute approximate surface area is 109 Å². The Bertz CT molecular complexity index is 458. The first-order chi connectivity index (χ1) is 8.33. The second-order valence-electron chi connectivity index (χ2n) is 3.46. The molecule has 0 fully saturated rings. The summed E-state index contributed by atoms with van der Waals surface area (Å²) in [6, 6.07) is 3.97. The Balaban J connectivity index is 2.10. The van der Waals surface area contributed by atoms with Crippen LogP contribution in [0.3, 0.4) is 0 Å². The standard InChI is InChI=1S/C11H14N4S2/c1-2-10-14-11(17-15-10)16-9(6-12)8-4-3-5-13-7-8/h3-5,7,9H,2,6,12H2,1H3. The maximum atomic E-state index is 5.80. The summed E-state index contributed by atoms with van der Waals surface area (Å²) < 4.78 is 5.24. The maximum Gasteiger partial charge on any atom is 0.170 e. The van der Waals surface area contributed by atoms with Crippen molar-refractivity contribution in [2.75, 3.05) is 6.54 Å². The van der Waals surface area contributed by atoms with E-state index in [0.717, 1.165) is 22.1 Å². The predicted molar refractivity (Wildman–Crippen MR) is 71.2 cm³/mol. The second kappa shape index (κ2) is 6.09. The number of pyridine rings is 1. The topological polar surface area (TPSA) is 64.7 Å². The van der Waals surface area contributed by atoms with Crippen LogP contribution < -0.4 is 5.73 Å². The zero-order chi connectivity index (χ0) is 12.1. The van der Waals surface area contributed by atoms with E-state index >= 15 is 0 Å². The van der Waals surface area contributed by atoms with Gasteiger partial charge in [0.1, 0.15) is 5.82 Å². The minimum atomic E-state index is 0.196. The molecule has 1 atom stereocenters. The molecule has 0 spiro atoms. The Morgan fingerprint density at radius 1 is 1.53 bits per heavy atom. The molecule has 90 valence electrons. The lowest BCUT2D eigenvalue weighted by atomic mass is 10.2. The molecule has 2 aromatic rings. The molecule has 6 heteroatoms. The number of nitrogens with two attached hydrogens (primary N) is 1. The molecular weight excluding hydrogens is 252 g/mol. The molecule has 4 nitrogen and oxygen atoms in total. The molecule has 1 unspecified atom stereocenters. The van der Waals surface area contributed by atoms with Crippen molar-refractivity contribution >= 4 is 23.3 Å². The van der Waals surface area contributed by atoms with Gasteiger partial charge in [0.05, 0.1) is 5.25 Å². The van der Waals surface area contributed by atoms with Crippen LogP contribution in [0.4, 0.5) is 0 Å². The van der Waals surface area contributed by atoms with Crippen molar-refractivity contribution in [2.45, 2.75) is 22.9 Å². The third kappa shape index (κ3) is 3.24. The van der Waals surface area contributed by atoms with Crippen molar-refractivity contribution in [3.8, 4) is 0 Å². The van der Waals surface area contributed by atoms with Crippen LogP contribution in [0.15, 0.2) is 28.9 Å². The number of nitrogens with zero attached hydrogens (tertiary/aromatic N) is 3. The monoisotopic (exact) mass is 266 g/mol. The van der Waals surface area contributed by atoms with E-state index in [-0.39, 0.29) is 5.25 Å². The van der Waals surface area contributed by atoms with Crippen molar-refractivity contribution in [3.05, 3.63) is 35.9 Å². The van der Waals surface area contributed by atoms with Gasteiger partial charge in [-0.15, -0.1) is 0 Å². The highest BCUT2D eigenvalue weighted by Crippen LogP contribution is 2.34. The smallest absolute Gasteiger partial charge is 0.170 e. The molecule has 0 aromatic carbocycles. The molecule has 0 aliphatic heterocycles. The molecule has 0 radical (unpaired) electrons. The predicted octanol–water partition coefficient (Wildman–Crippen LogP) is 2.29. The number of rotatable bonds is 5. The van der Waals surface area contributed by atoms with Gasteiger partial charge in [0.25, 0.3) is 0 Å². The van der Waals surface area contributed by atoms with Crippen molar-refractivity contribution < 1.29 is 0 Å². The average molecular weight is 266 g/mol. The van der Waals surface area contributed by atoms with Crippen LogP contribution in [0.25, 0.3) is 0 Å². The summed E-state index contributed by atoms with van der Waals surface area (Å²) in [6.07, 6.45) is 4.49. The minimum Gasteiger partial charge on any atom is -0.329 e. The molecule has 0 saturated carbocycles. The van der Waals surface area contributed by atoms with Crippen molar-refractivity contribution in [1.82, 2.24) is 14.3 Å². The quantitative estimate of drug-likeness (QED) is 0.841.